The molecule has 27 heavy (non-hydrogen) atoms. The largest absolute Gasteiger partial charge is 0.372 e. The van der Waals surface area contributed by atoms with Crippen molar-refractivity contribution in [1.29, 1.82) is 0 Å². The number of rotatable bonds is 4. The highest BCUT2D eigenvalue weighted by Gasteiger charge is 2.25. The van der Waals surface area contributed by atoms with Gasteiger partial charge in [0.15, 0.2) is 0 Å². The van der Waals surface area contributed by atoms with E-state index in [9.17, 15) is 4.79 Å². The first kappa shape index (κ1) is 16.9. The fraction of sp³-hybridized carbons (Fsp3) is 0.333. The van der Waals surface area contributed by atoms with Crippen molar-refractivity contribution in [2.45, 2.75) is 32.9 Å². The second kappa shape index (κ2) is 6.99. The van der Waals surface area contributed by atoms with E-state index in [1.165, 1.54) is 6.20 Å². The third-order valence-electron chi connectivity index (χ3n) is 4.78. The molecule has 0 atom stereocenters. The zero-order valence-electron chi connectivity index (χ0n) is 14.9. The molecule has 0 aromatic carbocycles. The second-order valence-corrected chi connectivity index (χ2v) is 6.32. The molecule has 0 saturated heterocycles. The summed E-state index contributed by atoms with van der Waals surface area (Å²) < 4.78 is 1.93. The normalized spacial score (nSPS) is 13.3. The third-order valence-corrected chi connectivity index (χ3v) is 4.78. The van der Waals surface area contributed by atoms with E-state index in [0.29, 0.717) is 25.3 Å². The maximum atomic E-state index is 11.8. The van der Waals surface area contributed by atoms with Crippen LogP contribution >= 0.6 is 0 Å². The van der Waals surface area contributed by atoms with Gasteiger partial charge in [-0.3, -0.25) is 14.9 Å². The fourth-order valence-corrected chi connectivity index (χ4v) is 3.42. The van der Waals surface area contributed by atoms with Crippen molar-refractivity contribution >= 4 is 11.4 Å². The van der Waals surface area contributed by atoms with Crippen LogP contribution in [0.25, 0.3) is 4.85 Å². The van der Waals surface area contributed by atoms with Crippen LogP contribution in [0.1, 0.15) is 29.6 Å². The topological polar surface area (TPSA) is 96.9 Å². The van der Waals surface area contributed by atoms with Crippen molar-refractivity contribution in [3.63, 3.8) is 0 Å². The summed E-state index contributed by atoms with van der Waals surface area (Å²) in [5.41, 5.74) is 4.28. The molecule has 9 nitrogen and oxygen atoms in total. The van der Waals surface area contributed by atoms with Crippen LogP contribution in [0, 0.1) is 6.57 Å². The fourth-order valence-electron chi connectivity index (χ4n) is 3.42. The zero-order chi connectivity index (χ0) is 18.8. The van der Waals surface area contributed by atoms with Crippen LogP contribution in [0.5, 0.6) is 0 Å². The summed E-state index contributed by atoms with van der Waals surface area (Å²) in [4.78, 5) is 21.6. The number of aryl methyl sites for hydroxylation is 1. The summed E-state index contributed by atoms with van der Waals surface area (Å²) in [6.07, 6.45) is 4.93. The van der Waals surface area contributed by atoms with Crippen molar-refractivity contribution in [3.05, 3.63) is 68.9 Å². The molecule has 4 rings (SSSR count). The minimum absolute atomic E-state index is 0.0591. The number of anilines is 1. The molecule has 0 spiro atoms. The van der Waals surface area contributed by atoms with Crippen LogP contribution in [-0.4, -0.2) is 36.7 Å². The SMILES string of the molecule is [C-]#[N+]c1c(N2CCc3c(nnn3Cc3cccnc3CC)C2)cn[nH]c1=O. The molecule has 1 N–H and O–H groups in total. The van der Waals surface area contributed by atoms with Gasteiger partial charge in [-0.2, -0.15) is 5.10 Å². The van der Waals surface area contributed by atoms with E-state index >= 15 is 0 Å². The second-order valence-electron chi connectivity index (χ2n) is 6.32. The maximum Gasteiger partial charge on any atom is 0.275 e. The van der Waals surface area contributed by atoms with Gasteiger partial charge in [-0.05, 0) is 18.1 Å². The highest BCUT2D eigenvalue weighted by atomic mass is 16.1. The molecule has 0 saturated carbocycles. The zero-order valence-corrected chi connectivity index (χ0v) is 14.9. The van der Waals surface area contributed by atoms with E-state index in [1.54, 1.807) is 0 Å². The summed E-state index contributed by atoms with van der Waals surface area (Å²) in [6, 6.07) is 4.00. The van der Waals surface area contributed by atoms with Crippen LogP contribution < -0.4 is 10.5 Å². The number of aromatic nitrogens is 6. The minimum atomic E-state index is -0.472. The van der Waals surface area contributed by atoms with Crippen LogP contribution in [0.15, 0.2) is 29.3 Å². The van der Waals surface area contributed by atoms with Gasteiger partial charge in [-0.25, -0.2) is 9.53 Å². The lowest BCUT2D eigenvalue weighted by Crippen LogP contribution is -2.32. The molecule has 0 aliphatic carbocycles. The molecule has 1 aliphatic rings. The van der Waals surface area contributed by atoms with E-state index in [0.717, 1.165) is 35.5 Å². The van der Waals surface area contributed by atoms with Crippen LogP contribution in [0.3, 0.4) is 0 Å². The predicted octanol–water partition coefficient (Wildman–Crippen LogP) is 1.48. The molecule has 0 unspecified atom stereocenters. The van der Waals surface area contributed by atoms with E-state index in [4.69, 9.17) is 6.57 Å². The highest BCUT2D eigenvalue weighted by Crippen LogP contribution is 2.28. The molecular weight excluding hydrogens is 344 g/mol. The Kier molecular flexibility index (Phi) is 4.38. The molecule has 3 aromatic rings. The van der Waals surface area contributed by atoms with Gasteiger partial charge in [0.2, 0.25) is 0 Å². The first-order valence-corrected chi connectivity index (χ1v) is 8.75. The lowest BCUT2D eigenvalue weighted by atomic mass is 10.1. The molecule has 3 aromatic heterocycles. The Balaban J connectivity index is 1.61. The molecule has 0 fully saturated rings. The number of nitrogens with zero attached hydrogens (tertiary/aromatic N) is 7. The van der Waals surface area contributed by atoms with Gasteiger partial charge in [0.25, 0.3) is 11.2 Å². The number of H-pyrrole nitrogens is 1. The molecule has 0 amide bonds. The average molecular weight is 362 g/mol. The Morgan fingerprint density at radius 3 is 3.11 bits per heavy atom. The lowest BCUT2D eigenvalue weighted by molar-refractivity contribution is 0.602. The first-order valence-electron chi connectivity index (χ1n) is 8.75. The first-order chi connectivity index (χ1) is 13.2. The Morgan fingerprint density at radius 1 is 1.41 bits per heavy atom. The van der Waals surface area contributed by atoms with Crippen LogP contribution in [0.4, 0.5) is 11.4 Å². The van der Waals surface area contributed by atoms with Gasteiger partial charge >= 0.3 is 0 Å². The van der Waals surface area contributed by atoms with E-state index < -0.39 is 5.56 Å². The predicted molar refractivity (Wildman–Crippen MR) is 98.6 cm³/mol. The van der Waals surface area contributed by atoms with Crippen molar-refractivity contribution in [1.82, 2.24) is 30.2 Å². The number of fused-ring (bicyclic) bond motifs is 1. The smallest absolute Gasteiger partial charge is 0.275 e. The highest BCUT2D eigenvalue weighted by molar-refractivity contribution is 5.68. The van der Waals surface area contributed by atoms with Gasteiger partial charge < -0.3 is 4.90 Å². The molecule has 0 radical (unpaired) electrons. The Hall–Kier alpha value is -3.54. The van der Waals surface area contributed by atoms with E-state index in [1.807, 2.05) is 21.8 Å². The van der Waals surface area contributed by atoms with Gasteiger partial charge in [-0.1, -0.05) is 18.2 Å². The molecule has 1 aliphatic heterocycles. The van der Waals surface area contributed by atoms with Gasteiger partial charge in [0.05, 0.1) is 37.2 Å². The average Bonchev–Trinajstić information content (AvgIpc) is 3.10. The van der Waals surface area contributed by atoms with Gasteiger partial charge in [0.1, 0.15) is 5.69 Å². The van der Waals surface area contributed by atoms with Crippen molar-refractivity contribution in [2.75, 3.05) is 11.4 Å². The summed E-state index contributed by atoms with van der Waals surface area (Å²) in [5, 5.41) is 14.8. The van der Waals surface area contributed by atoms with Crippen molar-refractivity contribution < 1.29 is 0 Å². The number of nitrogens with one attached hydrogen (secondary N) is 1. The summed E-state index contributed by atoms with van der Waals surface area (Å²) in [5.74, 6) is 0. The third kappa shape index (κ3) is 3.06. The Morgan fingerprint density at radius 2 is 2.30 bits per heavy atom. The lowest BCUT2D eigenvalue weighted by Gasteiger charge is -2.28. The van der Waals surface area contributed by atoms with E-state index in [2.05, 4.69) is 43.3 Å². The minimum Gasteiger partial charge on any atom is -0.372 e. The van der Waals surface area contributed by atoms with Crippen LogP contribution in [0.2, 0.25) is 0 Å². The Bertz CT molecular complexity index is 1080. The molecule has 4 heterocycles. The van der Waals surface area contributed by atoms with Gasteiger partial charge in [-0.15, -0.1) is 5.10 Å². The number of hydrogen-bond donors (Lipinski definition) is 1. The number of hydrogen-bond acceptors (Lipinski definition) is 6. The summed E-state index contributed by atoms with van der Waals surface area (Å²) in [6.45, 7) is 11.2. The quantitative estimate of drug-likeness (QED) is 0.706. The monoisotopic (exact) mass is 362 g/mol. The Labute approximate surface area is 155 Å². The van der Waals surface area contributed by atoms with Crippen molar-refractivity contribution in [2.24, 2.45) is 0 Å². The number of aromatic amines is 1. The summed E-state index contributed by atoms with van der Waals surface area (Å²) >= 11 is 0. The molecule has 0 bridgehead atoms. The van der Waals surface area contributed by atoms with Gasteiger partial charge in [0, 0.05) is 24.9 Å². The molecule has 136 valence electrons. The standard InChI is InChI=1S/C18H18N8O/c1-3-13-12(5-4-7-20-13)10-26-15-6-8-25(11-14(15)22-24-26)16-9-21-23-18(27)17(16)19-2/h4-5,7,9H,3,6,8,10-11H2,1H3,(H,23,27). The maximum absolute atomic E-state index is 11.8. The molecule has 9 heteroatoms. The van der Waals surface area contributed by atoms with E-state index in [-0.39, 0.29) is 5.69 Å². The summed E-state index contributed by atoms with van der Waals surface area (Å²) in [7, 11) is 0. The number of pyridine rings is 1. The van der Waals surface area contributed by atoms with Crippen molar-refractivity contribution in [3.8, 4) is 0 Å². The van der Waals surface area contributed by atoms with Crippen LogP contribution in [-0.2, 0) is 25.9 Å². The molecular formula is C18H18N8O.